The number of carboxylic acid groups (broad SMARTS) is 2. The summed E-state index contributed by atoms with van der Waals surface area (Å²) in [6.07, 6.45) is -2.89. The van der Waals surface area contributed by atoms with Crippen molar-refractivity contribution in [1.82, 2.24) is 0 Å². The normalized spacial score (nSPS) is 11.3. The van der Waals surface area contributed by atoms with Crippen LogP contribution in [-0.4, -0.2) is 50.4 Å². The monoisotopic (exact) mass is 340 g/mol. The summed E-state index contributed by atoms with van der Waals surface area (Å²) >= 11 is 0. The van der Waals surface area contributed by atoms with Crippen LogP contribution in [0.15, 0.2) is 0 Å². The van der Waals surface area contributed by atoms with Gasteiger partial charge in [0.05, 0.1) is 12.1 Å². The largest absolute Gasteiger partial charge is 2.00 e. The fourth-order valence-corrected chi connectivity index (χ4v) is 0.241. The van der Waals surface area contributed by atoms with Crippen molar-refractivity contribution in [3.63, 3.8) is 0 Å². The second-order valence-corrected chi connectivity index (χ2v) is 1.41. The zero-order valence-corrected chi connectivity index (χ0v) is 8.75. The number of rotatable bonds is 3. The maximum absolute atomic E-state index is 9.58. The van der Waals surface area contributed by atoms with Gasteiger partial charge < -0.3 is 24.9 Å². The fourth-order valence-electron chi connectivity index (χ4n) is 0.241. The number of aliphatic carboxylic acids is 2. The summed E-state index contributed by atoms with van der Waals surface area (Å²) in [6, 6.07) is 0. The van der Waals surface area contributed by atoms with E-state index in [4.69, 9.17) is 5.11 Å². The van der Waals surface area contributed by atoms with Crippen LogP contribution in [-0.2, 0) is 9.59 Å². The molecule has 1 N–H and O–H groups in total. The first kappa shape index (κ1) is 12.5. The SMILES string of the molecule is O=C([O-])CC(O)C(=O)[O-].[Pb+2]. The molecule has 0 bridgehead atoms. The summed E-state index contributed by atoms with van der Waals surface area (Å²) in [4.78, 5) is 19.1. The minimum Gasteiger partial charge on any atom is -0.550 e. The zero-order chi connectivity index (χ0) is 7.44. The Bertz CT molecular complexity index is 134. The summed E-state index contributed by atoms with van der Waals surface area (Å²) in [5, 5.41) is 27.3. The third-order valence-corrected chi connectivity index (χ3v) is 0.632. The van der Waals surface area contributed by atoms with E-state index in [-0.39, 0.29) is 27.3 Å². The molecule has 0 rings (SSSR count). The van der Waals surface area contributed by atoms with Crippen molar-refractivity contribution in [1.29, 1.82) is 0 Å². The van der Waals surface area contributed by atoms with Gasteiger partial charge in [-0.3, -0.25) is 0 Å². The number of carboxylic acids is 2. The van der Waals surface area contributed by atoms with Crippen LogP contribution in [0.1, 0.15) is 6.42 Å². The van der Waals surface area contributed by atoms with Gasteiger partial charge in [-0.05, 0) is 0 Å². The van der Waals surface area contributed by atoms with Crippen LogP contribution in [0.4, 0.5) is 0 Å². The van der Waals surface area contributed by atoms with Crippen molar-refractivity contribution in [3.8, 4) is 0 Å². The van der Waals surface area contributed by atoms with E-state index in [0.717, 1.165) is 0 Å². The summed E-state index contributed by atoms with van der Waals surface area (Å²) < 4.78 is 0. The topological polar surface area (TPSA) is 100 Å². The first-order valence-corrected chi connectivity index (χ1v) is 2.13. The van der Waals surface area contributed by atoms with E-state index in [1.165, 1.54) is 0 Å². The van der Waals surface area contributed by atoms with E-state index < -0.39 is 24.5 Å². The van der Waals surface area contributed by atoms with Crippen LogP contribution in [0.25, 0.3) is 0 Å². The van der Waals surface area contributed by atoms with Crippen molar-refractivity contribution in [2.45, 2.75) is 12.5 Å². The van der Waals surface area contributed by atoms with Crippen LogP contribution in [0.3, 0.4) is 0 Å². The third-order valence-electron chi connectivity index (χ3n) is 0.632. The zero-order valence-electron chi connectivity index (χ0n) is 4.86. The van der Waals surface area contributed by atoms with Gasteiger partial charge in [0.25, 0.3) is 0 Å². The molecule has 0 fully saturated rings. The summed E-state index contributed by atoms with van der Waals surface area (Å²) in [7, 11) is 0. The van der Waals surface area contributed by atoms with Gasteiger partial charge in [0, 0.05) is 12.4 Å². The Balaban J connectivity index is 0. The van der Waals surface area contributed by atoms with Gasteiger partial charge in [-0.1, -0.05) is 0 Å². The van der Waals surface area contributed by atoms with Crippen molar-refractivity contribution in [2.24, 2.45) is 0 Å². The van der Waals surface area contributed by atoms with E-state index in [2.05, 4.69) is 0 Å². The maximum atomic E-state index is 9.58. The number of aliphatic hydroxyl groups excluding tert-OH is 1. The van der Waals surface area contributed by atoms with E-state index in [1.807, 2.05) is 0 Å². The van der Waals surface area contributed by atoms with Crippen LogP contribution in [0, 0.1) is 0 Å². The molecule has 0 aliphatic carbocycles. The second kappa shape index (κ2) is 5.60. The molecule has 0 spiro atoms. The van der Waals surface area contributed by atoms with Crippen molar-refractivity contribution < 1.29 is 24.9 Å². The smallest absolute Gasteiger partial charge is 0.550 e. The van der Waals surface area contributed by atoms with Crippen LogP contribution in [0.2, 0.25) is 0 Å². The van der Waals surface area contributed by atoms with E-state index >= 15 is 0 Å². The summed E-state index contributed by atoms with van der Waals surface area (Å²) in [5.41, 5.74) is 0. The molecule has 1 atom stereocenters. The Morgan fingerprint density at radius 3 is 1.90 bits per heavy atom. The second-order valence-electron chi connectivity index (χ2n) is 1.41. The van der Waals surface area contributed by atoms with Gasteiger partial charge in [-0.25, -0.2) is 0 Å². The molecule has 0 aromatic heterocycles. The van der Waals surface area contributed by atoms with Crippen LogP contribution >= 0.6 is 0 Å². The molecule has 10 heavy (non-hydrogen) atoms. The van der Waals surface area contributed by atoms with E-state index in [9.17, 15) is 19.8 Å². The minimum absolute atomic E-state index is 0. The molecule has 0 aromatic carbocycles. The third kappa shape index (κ3) is 5.95. The van der Waals surface area contributed by atoms with Crippen LogP contribution in [0.5, 0.6) is 0 Å². The van der Waals surface area contributed by atoms with Crippen molar-refractivity contribution >= 4 is 39.2 Å². The Morgan fingerprint density at radius 2 is 1.80 bits per heavy atom. The van der Waals surface area contributed by atoms with Gasteiger partial charge in [-0.2, -0.15) is 0 Å². The Hall–Kier alpha value is -0.178. The Morgan fingerprint density at radius 1 is 1.40 bits per heavy atom. The standard InChI is InChI=1S/C4H6O5.Pb/c5-2(4(8)9)1-3(6)7;/h2,5H,1H2,(H,6,7)(H,8,9);/q;+2/p-2. The molecule has 6 heteroatoms. The molecule has 0 aliphatic heterocycles. The van der Waals surface area contributed by atoms with Crippen molar-refractivity contribution in [3.05, 3.63) is 0 Å². The molecule has 0 amide bonds. The maximum Gasteiger partial charge on any atom is 2.00 e. The first-order chi connectivity index (χ1) is 4.04. The molecule has 0 aliphatic rings. The number of aliphatic hydroxyl groups is 1. The molecule has 5 nitrogen and oxygen atoms in total. The molecule has 54 valence electrons. The average molecular weight is 339 g/mol. The minimum atomic E-state index is -1.96. The van der Waals surface area contributed by atoms with Gasteiger partial charge >= 0.3 is 27.3 Å². The predicted octanol–water partition coefficient (Wildman–Crippen LogP) is -4.14. The number of hydrogen-bond donors (Lipinski definition) is 1. The molecule has 1 unspecified atom stereocenters. The molecule has 2 radical (unpaired) electrons. The molecule has 0 aromatic rings. The van der Waals surface area contributed by atoms with Gasteiger partial charge in [0.2, 0.25) is 0 Å². The van der Waals surface area contributed by atoms with Gasteiger partial charge in [0.1, 0.15) is 0 Å². The fraction of sp³-hybridized carbons (Fsp3) is 0.500. The summed E-state index contributed by atoms with van der Waals surface area (Å²) in [6.45, 7) is 0. The predicted molar refractivity (Wildman–Crippen MR) is 26.4 cm³/mol. The number of carbonyl (C=O) groups excluding carboxylic acids is 2. The quantitative estimate of drug-likeness (QED) is 0.526. The molecular weight excluding hydrogens is 335 g/mol. The van der Waals surface area contributed by atoms with E-state index in [1.54, 1.807) is 0 Å². The van der Waals surface area contributed by atoms with E-state index in [0.29, 0.717) is 0 Å². The average Bonchev–Trinajstić information content (AvgIpc) is 1.63. The molecular formula is C4H4O5Pb. The molecule has 0 saturated carbocycles. The molecule has 0 saturated heterocycles. The Kier molecular flexibility index (Phi) is 6.99. The number of carbonyl (C=O) groups is 2. The number of hydrogen-bond acceptors (Lipinski definition) is 5. The van der Waals surface area contributed by atoms with Crippen LogP contribution < -0.4 is 10.2 Å². The van der Waals surface area contributed by atoms with Crippen molar-refractivity contribution in [2.75, 3.05) is 0 Å². The first-order valence-electron chi connectivity index (χ1n) is 2.13. The Labute approximate surface area is 76.8 Å². The van der Waals surface area contributed by atoms with Gasteiger partial charge in [0.15, 0.2) is 0 Å². The van der Waals surface area contributed by atoms with Gasteiger partial charge in [-0.15, -0.1) is 0 Å². The molecule has 0 heterocycles. The summed E-state index contributed by atoms with van der Waals surface area (Å²) in [5.74, 6) is -3.43.